The van der Waals surface area contributed by atoms with Gasteiger partial charge in [0.1, 0.15) is 0 Å². The number of hydrogen-bond acceptors (Lipinski definition) is 5. The number of aromatic hydroxyl groups is 2. The second-order valence-electron chi connectivity index (χ2n) is 4.51. The van der Waals surface area contributed by atoms with Crippen LogP contribution in [0.4, 0.5) is 0 Å². The van der Waals surface area contributed by atoms with Crippen LogP contribution >= 0.6 is 0 Å². The number of phenolic OH excluding ortho intramolecular Hbond substituents is 2. The predicted molar refractivity (Wildman–Crippen MR) is 84.8 cm³/mol. The van der Waals surface area contributed by atoms with Crippen LogP contribution in [0.2, 0.25) is 0 Å². The molecule has 0 unspecified atom stereocenters. The van der Waals surface area contributed by atoms with Crippen molar-refractivity contribution in [2.75, 3.05) is 21.3 Å². The first-order valence-corrected chi connectivity index (χ1v) is 6.59. The van der Waals surface area contributed by atoms with Gasteiger partial charge in [-0.2, -0.15) is 0 Å². The number of hydrogen-bond donors (Lipinski definition) is 2. The molecule has 0 aliphatic rings. The Morgan fingerprint density at radius 2 is 1.50 bits per heavy atom. The summed E-state index contributed by atoms with van der Waals surface area (Å²) >= 11 is 0. The molecule has 22 heavy (non-hydrogen) atoms. The summed E-state index contributed by atoms with van der Waals surface area (Å²) in [4.78, 5) is 0. The molecule has 2 aromatic carbocycles. The predicted octanol–water partition coefficient (Wildman–Crippen LogP) is 3.29. The van der Waals surface area contributed by atoms with Crippen LogP contribution in [0.5, 0.6) is 28.7 Å². The first-order chi connectivity index (χ1) is 10.6. The molecule has 0 heterocycles. The third-order valence-corrected chi connectivity index (χ3v) is 3.19. The van der Waals surface area contributed by atoms with E-state index in [1.54, 1.807) is 57.7 Å². The maximum Gasteiger partial charge on any atom is 0.203 e. The van der Waals surface area contributed by atoms with E-state index in [2.05, 4.69) is 0 Å². The molecule has 0 aromatic heterocycles. The van der Waals surface area contributed by atoms with Crippen LogP contribution in [0.3, 0.4) is 0 Å². The minimum absolute atomic E-state index is 0.160. The fraction of sp³-hybridized carbons (Fsp3) is 0.176. The van der Waals surface area contributed by atoms with E-state index < -0.39 is 0 Å². The Kier molecular flexibility index (Phi) is 4.78. The van der Waals surface area contributed by atoms with Crippen LogP contribution in [-0.2, 0) is 0 Å². The highest BCUT2D eigenvalue weighted by Gasteiger charge is 2.12. The third-order valence-electron chi connectivity index (χ3n) is 3.19. The van der Waals surface area contributed by atoms with Crippen LogP contribution in [0.15, 0.2) is 30.3 Å². The summed E-state index contributed by atoms with van der Waals surface area (Å²) in [5, 5.41) is 19.3. The minimum Gasteiger partial charge on any atom is -0.504 e. The molecule has 0 aliphatic heterocycles. The molecule has 2 aromatic rings. The Morgan fingerprint density at radius 3 is 2.05 bits per heavy atom. The maximum absolute atomic E-state index is 9.79. The Bertz CT molecular complexity index is 666. The van der Waals surface area contributed by atoms with Gasteiger partial charge in [0.2, 0.25) is 5.75 Å². The Balaban J connectivity index is 2.41. The highest BCUT2D eigenvalue weighted by Crippen LogP contribution is 2.39. The van der Waals surface area contributed by atoms with Crippen molar-refractivity contribution >= 4 is 12.2 Å². The fourth-order valence-corrected chi connectivity index (χ4v) is 2.07. The average Bonchev–Trinajstić information content (AvgIpc) is 2.55. The van der Waals surface area contributed by atoms with Gasteiger partial charge in [0.05, 0.1) is 21.3 Å². The van der Waals surface area contributed by atoms with E-state index in [4.69, 9.17) is 14.2 Å². The van der Waals surface area contributed by atoms with Crippen LogP contribution in [0.1, 0.15) is 11.1 Å². The van der Waals surface area contributed by atoms with E-state index in [9.17, 15) is 10.2 Å². The molecule has 116 valence electrons. The van der Waals surface area contributed by atoms with Gasteiger partial charge in [0.25, 0.3) is 0 Å². The first-order valence-electron chi connectivity index (χ1n) is 6.59. The molecule has 2 N–H and O–H groups in total. The van der Waals surface area contributed by atoms with E-state index in [0.717, 1.165) is 5.56 Å². The van der Waals surface area contributed by atoms with Gasteiger partial charge in [-0.3, -0.25) is 0 Å². The number of rotatable bonds is 5. The van der Waals surface area contributed by atoms with E-state index in [1.807, 2.05) is 0 Å². The average molecular weight is 302 g/mol. The largest absolute Gasteiger partial charge is 0.504 e. The number of methoxy groups -OCH3 is 3. The number of phenols is 2. The van der Waals surface area contributed by atoms with Crippen LogP contribution < -0.4 is 14.2 Å². The molecule has 0 spiro atoms. The summed E-state index contributed by atoms with van der Waals surface area (Å²) in [5.41, 5.74) is 1.31. The van der Waals surface area contributed by atoms with Crippen molar-refractivity contribution in [3.05, 3.63) is 41.5 Å². The number of para-hydroxylation sites is 1. The second-order valence-corrected chi connectivity index (χ2v) is 4.51. The molecule has 0 atom stereocenters. The zero-order valence-electron chi connectivity index (χ0n) is 12.7. The monoisotopic (exact) mass is 302 g/mol. The van der Waals surface area contributed by atoms with Gasteiger partial charge < -0.3 is 24.4 Å². The fourth-order valence-electron chi connectivity index (χ4n) is 2.07. The van der Waals surface area contributed by atoms with Crippen LogP contribution in [0.25, 0.3) is 12.2 Å². The number of ether oxygens (including phenoxy) is 3. The summed E-state index contributed by atoms with van der Waals surface area (Å²) in [7, 11) is 4.64. The molecule has 2 rings (SSSR count). The normalized spacial score (nSPS) is 10.7. The summed E-state index contributed by atoms with van der Waals surface area (Å²) in [6, 6.07) is 8.36. The second kappa shape index (κ2) is 6.76. The Morgan fingerprint density at radius 1 is 0.864 bits per heavy atom. The van der Waals surface area contributed by atoms with Crippen molar-refractivity contribution in [2.24, 2.45) is 0 Å². The first kappa shape index (κ1) is 15.6. The summed E-state index contributed by atoms with van der Waals surface area (Å²) < 4.78 is 15.8. The highest BCUT2D eigenvalue weighted by atomic mass is 16.5. The summed E-state index contributed by atoms with van der Waals surface area (Å²) in [6.45, 7) is 0. The molecule has 0 saturated heterocycles. The SMILES string of the molecule is COc1cc(/C=C/c2cccc(O)c2O)cc(OC)c1OC. The van der Waals surface area contributed by atoms with Crippen LogP contribution in [-0.4, -0.2) is 31.5 Å². The standard InChI is InChI=1S/C17H18O5/c1-20-14-9-11(10-15(21-2)17(14)22-3)7-8-12-5-4-6-13(18)16(12)19/h4-10,18-19H,1-3H3/b8-7+. The van der Waals surface area contributed by atoms with Crippen molar-refractivity contribution in [1.29, 1.82) is 0 Å². The lowest BCUT2D eigenvalue weighted by atomic mass is 10.1. The topological polar surface area (TPSA) is 68.2 Å². The van der Waals surface area contributed by atoms with Crippen molar-refractivity contribution in [2.45, 2.75) is 0 Å². The lowest BCUT2D eigenvalue weighted by Crippen LogP contribution is -1.95. The smallest absolute Gasteiger partial charge is 0.203 e. The molecule has 5 nitrogen and oxygen atoms in total. The van der Waals surface area contributed by atoms with Gasteiger partial charge >= 0.3 is 0 Å². The van der Waals surface area contributed by atoms with Crippen molar-refractivity contribution in [3.63, 3.8) is 0 Å². The van der Waals surface area contributed by atoms with E-state index in [-0.39, 0.29) is 11.5 Å². The number of benzene rings is 2. The summed E-state index contributed by atoms with van der Waals surface area (Å²) in [6.07, 6.45) is 3.47. The van der Waals surface area contributed by atoms with Crippen LogP contribution in [0, 0.1) is 0 Å². The summed E-state index contributed by atoms with van der Waals surface area (Å²) in [5.74, 6) is 1.28. The molecular weight excluding hydrogens is 284 g/mol. The Hall–Kier alpha value is -2.82. The zero-order chi connectivity index (χ0) is 16.1. The molecule has 0 radical (unpaired) electrons. The minimum atomic E-state index is -0.161. The molecular formula is C17H18O5. The Labute approximate surface area is 129 Å². The lowest BCUT2D eigenvalue weighted by Gasteiger charge is -2.12. The van der Waals surface area contributed by atoms with Gasteiger partial charge in [-0.15, -0.1) is 0 Å². The third kappa shape index (κ3) is 3.09. The molecule has 0 bridgehead atoms. The van der Waals surface area contributed by atoms with Crippen molar-refractivity contribution in [3.8, 4) is 28.7 Å². The van der Waals surface area contributed by atoms with Gasteiger partial charge in [-0.05, 0) is 23.8 Å². The zero-order valence-corrected chi connectivity index (χ0v) is 12.7. The van der Waals surface area contributed by atoms with E-state index in [0.29, 0.717) is 22.8 Å². The molecule has 0 aliphatic carbocycles. The van der Waals surface area contributed by atoms with Gasteiger partial charge in [0.15, 0.2) is 23.0 Å². The lowest BCUT2D eigenvalue weighted by molar-refractivity contribution is 0.324. The van der Waals surface area contributed by atoms with Crippen molar-refractivity contribution < 1.29 is 24.4 Å². The maximum atomic E-state index is 9.79. The van der Waals surface area contributed by atoms with Gasteiger partial charge in [0, 0.05) is 5.56 Å². The molecule has 5 heteroatoms. The quantitative estimate of drug-likeness (QED) is 0.655. The highest BCUT2D eigenvalue weighted by molar-refractivity contribution is 5.75. The van der Waals surface area contributed by atoms with Crippen molar-refractivity contribution in [1.82, 2.24) is 0 Å². The van der Waals surface area contributed by atoms with E-state index in [1.165, 1.54) is 6.07 Å². The van der Waals surface area contributed by atoms with Gasteiger partial charge in [-0.25, -0.2) is 0 Å². The molecule has 0 saturated carbocycles. The molecule has 0 amide bonds. The van der Waals surface area contributed by atoms with E-state index >= 15 is 0 Å². The molecule has 0 fully saturated rings. The van der Waals surface area contributed by atoms with Gasteiger partial charge in [-0.1, -0.05) is 24.3 Å².